The number of para-hydroxylation sites is 2. The van der Waals surface area contributed by atoms with E-state index in [1.165, 1.54) is 0 Å². The minimum absolute atomic E-state index is 0.204. The van der Waals surface area contributed by atoms with E-state index in [2.05, 4.69) is 15.3 Å². The quantitative estimate of drug-likeness (QED) is 0.627. The highest BCUT2D eigenvalue weighted by Crippen LogP contribution is 2.23. The van der Waals surface area contributed by atoms with E-state index in [9.17, 15) is 4.79 Å². The van der Waals surface area contributed by atoms with Gasteiger partial charge in [0.25, 0.3) is 5.91 Å². The van der Waals surface area contributed by atoms with Gasteiger partial charge in [-0.2, -0.15) is 0 Å². The van der Waals surface area contributed by atoms with Crippen molar-refractivity contribution in [3.63, 3.8) is 0 Å². The number of amides is 1. The van der Waals surface area contributed by atoms with Gasteiger partial charge >= 0.3 is 0 Å². The van der Waals surface area contributed by atoms with Crippen molar-refractivity contribution in [1.82, 2.24) is 14.5 Å². The minimum Gasteiger partial charge on any atom is -0.321 e. The molecule has 1 N–H and O–H groups in total. The van der Waals surface area contributed by atoms with E-state index in [1.54, 1.807) is 23.0 Å². The van der Waals surface area contributed by atoms with Crippen molar-refractivity contribution in [1.29, 1.82) is 0 Å². The largest absolute Gasteiger partial charge is 0.321 e. The summed E-state index contributed by atoms with van der Waals surface area (Å²) >= 11 is 0. The van der Waals surface area contributed by atoms with Gasteiger partial charge in [0.05, 0.1) is 5.52 Å². The Morgan fingerprint density at radius 2 is 1.58 bits per heavy atom. The van der Waals surface area contributed by atoms with Crippen LogP contribution in [0.1, 0.15) is 10.5 Å². The lowest BCUT2D eigenvalue weighted by molar-refractivity contribution is 0.102. The fourth-order valence-corrected chi connectivity index (χ4v) is 2.66. The van der Waals surface area contributed by atoms with E-state index in [-0.39, 0.29) is 5.91 Å². The maximum absolute atomic E-state index is 12.8. The number of fused-ring (bicyclic) bond motifs is 1. The zero-order chi connectivity index (χ0) is 16.4. The van der Waals surface area contributed by atoms with E-state index in [4.69, 9.17) is 0 Å². The summed E-state index contributed by atoms with van der Waals surface area (Å²) in [6.07, 6.45) is 3.33. The molecule has 0 unspecified atom stereocenters. The van der Waals surface area contributed by atoms with Gasteiger partial charge in [-0.05, 0) is 30.3 Å². The van der Waals surface area contributed by atoms with Crippen LogP contribution in [0.3, 0.4) is 0 Å². The van der Waals surface area contributed by atoms with Crippen LogP contribution in [0.25, 0.3) is 16.9 Å². The second-order valence-electron chi connectivity index (χ2n) is 5.29. The Morgan fingerprint density at radius 3 is 2.38 bits per heavy atom. The van der Waals surface area contributed by atoms with Gasteiger partial charge in [-0.15, -0.1) is 0 Å². The number of nitrogens with zero attached hydrogens (tertiary/aromatic N) is 3. The molecule has 2 aromatic heterocycles. The molecule has 4 rings (SSSR count). The van der Waals surface area contributed by atoms with Crippen LogP contribution in [0.4, 0.5) is 5.69 Å². The Bertz CT molecular complexity index is 994. The molecule has 0 bridgehead atoms. The van der Waals surface area contributed by atoms with Gasteiger partial charge in [-0.3, -0.25) is 9.36 Å². The number of carbonyl (C=O) groups excluding carboxylic acids is 1. The third kappa shape index (κ3) is 2.52. The van der Waals surface area contributed by atoms with Crippen LogP contribution < -0.4 is 5.32 Å². The van der Waals surface area contributed by atoms with Gasteiger partial charge in [0, 0.05) is 23.5 Å². The Labute approximate surface area is 138 Å². The highest BCUT2D eigenvalue weighted by Gasteiger charge is 2.18. The Balaban J connectivity index is 1.84. The first-order valence-corrected chi connectivity index (χ1v) is 7.57. The number of nitrogens with one attached hydrogen (secondary N) is 1. The van der Waals surface area contributed by atoms with Crippen molar-refractivity contribution in [2.75, 3.05) is 5.32 Å². The van der Waals surface area contributed by atoms with E-state index in [0.29, 0.717) is 11.6 Å². The summed E-state index contributed by atoms with van der Waals surface area (Å²) in [6.45, 7) is 0. The summed E-state index contributed by atoms with van der Waals surface area (Å²) in [6, 6.07) is 20.8. The van der Waals surface area contributed by atoms with E-state index in [1.807, 2.05) is 60.7 Å². The van der Waals surface area contributed by atoms with Crippen LogP contribution in [0.2, 0.25) is 0 Å². The number of carbonyl (C=O) groups is 1. The molecule has 5 heteroatoms. The maximum atomic E-state index is 12.8. The zero-order valence-electron chi connectivity index (χ0n) is 12.8. The molecule has 0 aliphatic heterocycles. The lowest BCUT2D eigenvalue weighted by atomic mass is 10.2. The van der Waals surface area contributed by atoms with Gasteiger partial charge in [-0.25, -0.2) is 9.97 Å². The minimum atomic E-state index is -0.204. The van der Waals surface area contributed by atoms with Crippen LogP contribution in [-0.4, -0.2) is 20.4 Å². The molecule has 0 saturated carbocycles. The SMILES string of the molecule is O=C(Nc1ccccc1)c1cc2ccccc2n1-c1ncccn1. The van der Waals surface area contributed by atoms with Crippen molar-refractivity contribution in [3.05, 3.63) is 84.8 Å². The molecule has 0 spiro atoms. The second kappa shape index (κ2) is 5.96. The normalized spacial score (nSPS) is 10.7. The third-order valence-electron chi connectivity index (χ3n) is 3.73. The lowest BCUT2D eigenvalue weighted by Gasteiger charge is -2.09. The highest BCUT2D eigenvalue weighted by molar-refractivity contribution is 6.07. The third-order valence-corrected chi connectivity index (χ3v) is 3.73. The molecule has 0 saturated heterocycles. The number of hydrogen-bond donors (Lipinski definition) is 1. The first-order chi connectivity index (χ1) is 11.8. The molecular weight excluding hydrogens is 300 g/mol. The average molecular weight is 314 g/mol. The highest BCUT2D eigenvalue weighted by atomic mass is 16.2. The standard InChI is InChI=1S/C19H14N4O/c24-18(22-15-8-2-1-3-9-15)17-13-14-7-4-5-10-16(14)23(17)19-20-11-6-12-21-19/h1-13H,(H,22,24). The summed E-state index contributed by atoms with van der Waals surface area (Å²) in [5.41, 5.74) is 2.13. The number of rotatable bonds is 3. The molecule has 0 fully saturated rings. The summed E-state index contributed by atoms with van der Waals surface area (Å²) in [5, 5.41) is 3.88. The molecular formula is C19H14N4O. The van der Waals surface area contributed by atoms with Gasteiger partial charge in [0.2, 0.25) is 5.95 Å². The van der Waals surface area contributed by atoms with E-state index < -0.39 is 0 Å². The molecule has 2 aromatic carbocycles. The van der Waals surface area contributed by atoms with Crippen LogP contribution in [-0.2, 0) is 0 Å². The summed E-state index contributed by atoms with van der Waals surface area (Å²) in [7, 11) is 0. The molecule has 1 amide bonds. The molecule has 0 aliphatic carbocycles. The Morgan fingerprint density at radius 1 is 0.875 bits per heavy atom. The molecule has 116 valence electrons. The molecule has 2 heterocycles. The summed E-state index contributed by atoms with van der Waals surface area (Å²) in [4.78, 5) is 21.4. The monoisotopic (exact) mass is 314 g/mol. The summed E-state index contributed by atoms with van der Waals surface area (Å²) < 4.78 is 1.77. The predicted octanol–water partition coefficient (Wildman–Crippen LogP) is 3.67. The number of hydrogen-bond acceptors (Lipinski definition) is 3. The second-order valence-corrected chi connectivity index (χ2v) is 5.29. The van der Waals surface area contributed by atoms with Crippen LogP contribution in [0, 0.1) is 0 Å². The number of benzene rings is 2. The first-order valence-electron chi connectivity index (χ1n) is 7.57. The number of anilines is 1. The summed E-state index contributed by atoms with van der Waals surface area (Å²) in [5.74, 6) is 0.266. The fraction of sp³-hybridized carbons (Fsp3) is 0. The average Bonchev–Trinajstić information content (AvgIpc) is 3.03. The molecule has 4 aromatic rings. The Kier molecular flexibility index (Phi) is 3.51. The van der Waals surface area contributed by atoms with E-state index in [0.717, 1.165) is 16.6 Å². The van der Waals surface area contributed by atoms with Gasteiger partial charge in [-0.1, -0.05) is 36.4 Å². The van der Waals surface area contributed by atoms with Gasteiger partial charge in [0.15, 0.2) is 0 Å². The molecule has 0 radical (unpaired) electrons. The topological polar surface area (TPSA) is 59.8 Å². The predicted molar refractivity (Wildman–Crippen MR) is 93.3 cm³/mol. The Hall–Kier alpha value is -3.47. The molecule has 5 nitrogen and oxygen atoms in total. The first kappa shape index (κ1) is 14.1. The zero-order valence-corrected chi connectivity index (χ0v) is 12.8. The lowest BCUT2D eigenvalue weighted by Crippen LogP contribution is -2.17. The van der Waals surface area contributed by atoms with Gasteiger partial charge in [0.1, 0.15) is 5.69 Å². The van der Waals surface area contributed by atoms with Crippen LogP contribution >= 0.6 is 0 Å². The number of aromatic nitrogens is 3. The van der Waals surface area contributed by atoms with Crippen LogP contribution in [0.15, 0.2) is 79.1 Å². The van der Waals surface area contributed by atoms with Crippen molar-refractivity contribution < 1.29 is 4.79 Å². The molecule has 0 atom stereocenters. The maximum Gasteiger partial charge on any atom is 0.272 e. The van der Waals surface area contributed by atoms with Crippen molar-refractivity contribution in [3.8, 4) is 5.95 Å². The van der Waals surface area contributed by atoms with Crippen LogP contribution in [0.5, 0.6) is 0 Å². The smallest absolute Gasteiger partial charge is 0.272 e. The molecule has 24 heavy (non-hydrogen) atoms. The molecule has 0 aliphatic rings. The fourth-order valence-electron chi connectivity index (χ4n) is 2.66. The van der Waals surface area contributed by atoms with E-state index >= 15 is 0 Å². The van der Waals surface area contributed by atoms with Crippen molar-refractivity contribution in [2.24, 2.45) is 0 Å². The van der Waals surface area contributed by atoms with Gasteiger partial charge < -0.3 is 5.32 Å². The van der Waals surface area contributed by atoms with Crippen molar-refractivity contribution in [2.45, 2.75) is 0 Å². The van der Waals surface area contributed by atoms with Crippen molar-refractivity contribution >= 4 is 22.5 Å².